The molecule has 4 rings (SSSR count). The minimum Gasteiger partial charge on any atom is -0.330 e. The molecule has 0 unspecified atom stereocenters. The zero-order valence-electron chi connectivity index (χ0n) is 15.9. The average molecular weight is 397 g/mol. The summed E-state index contributed by atoms with van der Waals surface area (Å²) in [5.74, 6) is 1.71. The van der Waals surface area contributed by atoms with Crippen LogP contribution in [0.1, 0.15) is 46.1 Å². The minimum atomic E-state index is -0.208. The van der Waals surface area contributed by atoms with Crippen LogP contribution in [0.5, 0.6) is 0 Å². The van der Waals surface area contributed by atoms with Gasteiger partial charge in [-0.05, 0) is 37.9 Å². The first-order valence-electron chi connectivity index (χ1n) is 9.64. The van der Waals surface area contributed by atoms with Crippen LogP contribution in [0.2, 0.25) is 0 Å². The summed E-state index contributed by atoms with van der Waals surface area (Å²) in [6.07, 6.45) is 5.18. The fourth-order valence-electron chi connectivity index (χ4n) is 3.43. The molecule has 28 heavy (non-hydrogen) atoms. The lowest BCUT2D eigenvalue weighted by molar-refractivity contribution is 0.102. The summed E-state index contributed by atoms with van der Waals surface area (Å²) in [5, 5.41) is 14.4. The van der Waals surface area contributed by atoms with Crippen molar-refractivity contribution < 1.29 is 4.79 Å². The summed E-state index contributed by atoms with van der Waals surface area (Å²) in [6.45, 7) is 3.44. The molecule has 7 nitrogen and oxygen atoms in total. The smallest absolute Gasteiger partial charge is 0.275 e. The van der Waals surface area contributed by atoms with Crippen LogP contribution in [0.3, 0.4) is 0 Å². The largest absolute Gasteiger partial charge is 0.330 e. The number of aromatic nitrogens is 4. The van der Waals surface area contributed by atoms with E-state index in [1.54, 1.807) is 5.38 Å². The Kier molecular flexibility index (Phi) is 5.50. The zero-order chi connectivity index (χ0) is 19.5. The molecule has 0 atom stereocenters. The molecule has 1 aromatic carbocycles. The number of rotatable bonds is 5. The monoisotopic (exact) mass is 396 g/mol. The number of hydrogen-bond donors (Lipinski definition) is 2. The van der Waals surface area contributed by atoms with Crippen LogP contribution < -0.4 is 11.1 Å². The lowest BCUT2D eigenvalue weighted by Crippen LogP contribution is -2.14. The van der Waals surface area contributed by atoms with Gasteiger partial charge in [-0.2, -0.15) is 0 Å². The number of benzene rings is 1. The molecule has 0 spiro atoms. The van der Waals surface area contributed by atoms with Gasteiger partial charge in [0.2, 0.25) is 0 Å². The van der Waals surface area contributed by atoms with Crippen molar-refractivity contribution in [3.63, 3.8) is 0 Å². The van der Waals surface area contributed by atoms with E-state index in [2.05, 4.69) is 25.1 Å². The summed E-state index contributed by atoms with van der Waals surface area (Å²) < 4.78 is 2.21. The highest BCUT2D eigenvalue weighted by Crippen LogP contribution is 2.27. The maximum Gasteiger partial charge on any atom is 0.275 e. The molecule has 8 heteroatoms. The maximum atomic E-state index is 12.6. The first-order chi connectivity index (χ1) is 13.7. The fraction of sp³-hybridized carbons (Fsp3) is 0.400. The Balaban J connectivity index is 1.59. The van der Waals surface area contributed by atoms with E-state index in [1.165, 1.54) is 17.8 Å². The summed E-state index contributed by atoms with van der Waals surface area (Å²) >= 11 is 1.46. The molecule has 0 fully saturated rings. The second-order valence-corrected chi connectivity index (χ2v) is 7.99. The number of amides is 1. The number of fused-ring (bicyclic) bond motifs is 1. The Morgan fingerprint density at radius 1 is 1.29 bits per heavy atom. The van der Waals surface area contributed by atoms with E-state index < -0.39 is 0 Å². The van der Waals surface area contributed by atoms with Crippen LogP contribution in [-0.4, -0.2) is 32.2 Å². The third-order valence-electron chi connectivity index (χ3n) is 5.00. The van der Waals surface area contributed by atoms with Crippen molar-refractivity contribution in [3.05, 3.63) is 45.7 Å². The van der Waals surface area contributed by atoms with Gasteiger partial charge in [0.15, 0.2) is 5.82 Å². The number of aryl methyl sites for hydroxylation is 2. The summed E-state index contributed by atoms with van der Waals surface area (Å²) in [6, 6.07) is 6.02. The standard InChI is InChI=1S/C20H24N6OS/c1-13-6-7-14(19-25-24-17-5-3-2-4-10-26(17)19)11-15(13)23-20(27)16-12-28-18(22-16)8-9-21/h6-7,11-12H,2-5,8-10,21H2,1H3,(H,23,27). The molecular weight excluding hydrogens is 372 g/mol. The lowest BCUT2D eigenvalue weighted by atomic mass is 10.1. The number of anilines is 1. The second kappa shape index (κ2) is 8.20. The molecule has 2 aromatic heterocycles. The van der Waals surface area contributed by atoms with Crippen LogP contribution in [0.25, 0.3) is 11.4 Å². The SMILES string of the molecule is Cc1ccc(-c2nnc3n2CCCCC3)cc1NC(=O)c1csc(CCN)n1. The molecular formula is C20H24N6OS. The predicted molar refractivity (Wildman–Crippen MR) is 111 cm³/mol. The second-order valence-electron chi connectivity index (χ2n) is 7.05. The molecule has 1 amide bonds. The van der Waals surface area contributed by atoms with Crippen LogP contribution >= 0.6 is 11.3 Å². The normalized spacial score (nSPS) is 13.8. The van der Waals surface area contributed by atoms with Gasteiger partial charge in [0.05, 0.1) is 5.01 Å². The average Bonchev–Trinajstić information content (AvgIpc) is 3.25. The molecule has 146 valence electrons. The number of hydrogen-bond acceptors (Lipinski definition) is 6. The predicted octanol–water partition coefficient (Wildman–Crippen LogP) is 3.19. The highest BCUT2D eigenvalue weighted by atomic mass is 32.1. The number of thiazole rings is 1. The molecule has 3 N–H and O–H groups in total. The van der Waals surface area contributed by atoms with Crippen molar-refractivity contribution in [3.8, 4) is 11.4 Å². The number of nitrogens with two attached hydrogens (primary N) is 1. The van der Waals surface area contributed by atoms with E-state index in [0.29, 0.717) is 18.7 Å². The van der Waals surface area contributed by atoms with Crippen LogP contribution in [0.4, 0.5) is 5.69 Å². The molecule has 3 heterocycles. The fourth-order valence-corrected chi connectivity index (χ4v) is 4.23. The van der Waals surface area contributed by atoms with Gasteiger partial charge in [0.25, 0.3) is 5.91 Å². The van der Waals surface area contributed by atoms with Crippen molar-refractivity contribution in [2.45, 2.75) is 45.6 Å². The van der Waals surface area contributed by atoms with Gasteiger partial charge < -0.3 is 15.6 Å². The Morgan fingerprint density at radius 2 is 2.18 bits per heavy atom. The van der Waals surface area contributed by atoms with Gasteiger partial charge in [0.1, 0.15) is 11.5 Å². The van der Waals surface area contributed by atoms with Crippen LogP contribution in [0, 0.1) is 6.92 Å². The molecule has 0 saturated carbocycles. The molecule has 1 aliphatic rings. The highest BCUT2D eigenvalue weighted by molar-refractivity contribution is 7.09. The third kappa shape index (κ3) is 3.83. The molecule has 3 aromatic rings. The van der Waals surface area contributed by atoms with Crippen molar-refractivity contribution >= 4 is 22.9 Å². The first kappa shape index (κ1) is 18.8. The molecule has 0 radical (unpaired) electrons. The number of nitrogens with one attached hydrogen (secondary N) is 1. The van der Waals surface area contributed by atoms with Gasteiger partial charge in [-0.25, -0.2) is 4.98 Å². The van der Waals surface area contributed by atoms with Gasteiger partial charge in [0, 0.05) is 36.0 Å². The maximum absolute atomic E-state index is 12.6. The number of nitrogens with zero attached hydrogens (tertiary/aromatic N) is 4. The zero-order valence-corrected chi connectivity index (χ0v) is 16.8. The van der Waals surface area contributed by atoms with Crippen LogP contribution in [0.15, 0.2) is 23.6 Å². The highest BCUT2D eigenvalue weighted by Gasteiger charge is 2.18. The van der Waals surface area contributed by atoms with E-state index >= 15 is 0 Å². The Labute approximate surface area is 168 Å². The Bertz CT molecular complexity index is 992. The van der Waals surface area contributed by atoms with E-state index in [0.717, 1.165) is 59.3 Å². The summed E-state index contributed by atoms with van der Waals surface area (Å²) in [4.78, 5) is 17.0. The first-order valence-corrected chi connectivity index (χ1v) is 10.5. The topological polar surface area (TPSA) is 98.7 Å². The van der Waals surface area contributed by atoms with E-state index in [9.17, 15) is 4.79 Å². The Morgan fingerprint density at radius 3 is 3.04 bits per heavy atom. The quantitative estimate of drug-likeness (QED) is 0.690. The summed E-state index contributed by atoms with van der Waals surface area (Å²) in [5.41, 5.74) is 8.71. The van der Waals surface area contributed by atoms with Crippen molar-refractivity contribution in [1.82, 2.24) is 19.7 Å². The lowest BCUT2D eigenvalue weighted by Gasteiger charge is -2.11. The van der Waals surface area contributed by atoms with E-state index in [-0.39, 0.29) is 5.91 Å². The van der Waals surface area contributed by atoms with Crippen LogP contribution in [-0.2, 0) is 19.4 Å². The van der Waals surface area contributed by atoms with E-state index in [1.807, 2.05) is 25.1 Å². The third-order valence-corrected chi connectivity index (χ3v) is 5.90. The number of carbonyl (C=O) groups is 1. The molecule has 0 aliphatic carbocycles. The van der Waals surface area contributed by atoms with Gasteiger partial charge in [-0.1, -0.05) is 18.6 Å². The van der Waals surface area contributed by atoms with E-state index in [4.69, 9.17) is 5.73 Å². The van der Waals surface area contributed by atoms with Gasteiger partial charge >= 0.3 is 0 Å². The molecule has 0 saturated heterocycles. The number of carbonyl (C=O) groups excluding carboxylic acids is 1. The minimum absolute atomic E-state index is 0.208. The summed E-state index contributed by atoms with van der Waals surface area (Å²) in [7, 11) is 0. The van der Waals surface area contributed by atoms with Crippen molar-refractivity contribution in [2.24, 2.45) is 5.73 Å². The van der Waals surface area contributed by atoms with Gasteiger partial charge in [-0.15, -0.1) is 21.5 Å². The molecule has 1 aliphatic heterocycles. The Hall–Kier alpha value is -2.58. The van der Waals surface area contributed by atoms with Crippen molar-refractivity contribution in [2.75, 3.05) is 11.9 Å². The van der Waals surface area contributed by atoms with Crippen molar-refractivity contribution in [1.29, 1.82) is 0 Å². The van der Waals surface area contributed by atoms with Gasteiger partial charge in [-0.3, -0.25) is 4.79 Å². The molecule has 0 bridgehead atoms.